The van der Waals surface area contributed by atoms with Crippen LogP contribution < -0.4 is 4.74 Å². The summed E-state index contributed by atoms with van der Waals surface area (Å²) in [6.45, 7) is 2.16. The second kappa shape index (κ2) is 5.92. The van der Waals surface area contributed by atoms with Crippen LogP contribution in [0.25, 0.3) is 28.1 Å². The number of nitrogens with zero attached hydrogens (tertiary/aromatic N) is 5. The zero-order valence-electron chi connectivity index (χ0n) is 13.7. The minimum Gasteiger partial charge on any atom is -0.497 e. The molecule has 0 aliphatic carbocycles. The van der Waals surface area contributed by atoms with Crippen molar-refractivity contribution >= 4 is 16.7 Å². The first-order valence-electron chi connectivity index (χ1n) is 8.03. The third kappa shape index (κ3) is 2.38. The fraction of sp³-hybridized carbons (Fsp3) is 0.294. The molecule has 3 heterocycles. The van der Waals surface area contributed by atoms with Gasteiger partial charge in [0.25, 0.3) is 0 Å². The Balaban J connectivity index is 1.92. The molecule has 0 radical (unpaired) electrons. The number of aryl methyl sites for hydroxylation is 1. The fourth-order valence-corrected chi connectivity index (χ4v) is 2.75. The molecule has 1 aromatic carbocycles. The standard InChI is InChI=1S/C17H18N6O/c1-3-4-8-14-19-16-13(10-18-21-16)17-20-15(22-23(14)17)11-6-5-7-12(9-11)24-2/h5-7,9-10H,3-4,8H2,1-2H3,(H,18,21). The molecule has 0 atom stereocenters. The number of rotatable bonds is 5. The highest BCUT2D eigenvalue weighted by atomic mass is 16.5. The van der Waals surface area contributed by atoms with E-state index in [1.54, 1.807) is 13.3 Å². The molecule has 4 aromatic rings. The number of hydrogen-bond donors (Lipinski definition) is 1. The average molecular weight is 322 g/mol. The molecule has 0 saturated carbocycles. The van der Waals surface area contributed by atoms with E-state index in [0.29, 0.717) is 5.82 Å². The highest BCUT2D eigenvalue weighted by molar-refractivity contribution is 5.89. The van der Waals surface area contributed by atoms with Crippen LogP contribution in [-0.2, 0) is 6.42 Å². The van der Waals surface area contributed by atoms with Crippen molar-refractivity contribution in [2.45, 2.75) is 26.2 Å². The van der Waals surface area contributed by atoms with Gasteiger partial charge in [-0.3, -0.25) is 5.10 Å². The summed E-state index contributed by atoms with van der Waals surface area (Å²) >= 11 is 0. The summed E-state index contributed by atoms with van der Waals surface area (Å²) in [7, 11) is 1.65. The molecule has 0 aliphatic rings. The number of benzene rings is 1. The van der Waals surface area contributed by atoms with Gasteiger partial charge in [0.05, 0.1) is 18.7 Å². The summed E-state index contributed by atoms with van der Waals surface area (Å²) in [5.41, 5.74) is 2.44. The molecule has 24 heavy (non-hydrogen) atoms. The number of aromatic nitrogens is 6. The minimum atomic E-state index is 0.655. The minimum absolute atomic E-state index is 0.655. The van der Waals surface area contributed by atoms with Gasteiger partial charge >= 0.3 is 0 Å². The van der Waals surface area contributed by atoms with Crippen LogP contribution >= 0.6 is 0 Å². The van der Waals surface area contributed by atoms with Crippen molar-refractivity contribution in [2.75, 3.05) is 7.11 Å². The van der Waals surface area contributed by atoms with Crippen LogP contribution in [0.15, 0.2) is 30.5 Å². The number of fused-ring (bicyclic) bond motifs is 3. The Bertz CT molecular complexity index is 1000. The van der Waals surface area contributed by atoms with Crippen LogP contribution in [0.4, 0.5) is 0 Å². The Hall–Kier alpha value is -2.96. The van der Waals surface area contributed by atoms with Crippen molar-refractivity contribution in [1.29, 1.82) is 0 Å². The SMILES string of the molecule is CCCCc1nc2[nH]ncc2c2nc(-c3cccc(OC)c3)nn12. The highest BCUT2D eigenvalue weighted by Gasteiger charge is 2.15. The molecule has 7 nitrogen and oxygen atoms in total. The summed E-state index contributed by atoms with van der Waals surface area (Å²) in [6, 6.07) is 7.74. The number of unbranched alkanes of at least 4 members (excludes halogenated alkanes) is 1. The molecule has 0 amide bonds. The van der Waals surface area contributed by atoms with Gasteiger partial charge in [-0.2, -0.15) is 9.61 Å². The van der Waals surface area contributed by atoms with Gasteiger partial charge in [-0.1, -0.05) is 25.5 Å². The monoisotopic (exact) mass is 322 g/mol. The second-order valence-corrected chi connectivity index (χ2v) is 5.67. The third-order valence-corrected chi connectivity index (χ3v) is 4.03. The van der Waals surface area contributed by atoms with Crippen LogP contribution in [-0.4, -0.2) is 36.9 Å². The Labute approximate surface area is 138 Å². The predicted molar refractivity (Wildman–Crippen MR) is 91.0 cm³/mol. The lowest BCUT2D eigenvalue weighted by molar-refractivity contribution is 0.415. The molecule has 7 heteroatoms. The van der Waals surface area contributed by atoms with E-state index < -0.39 is 0 Å². The molecule has 0 bridgehead atoms. The Morgan fingerprint density at radius 2 is 2.17 bits per heavy atom. The van der Waals surface area contributed by atoms with E-state index in [9.17, 15) is 0 Å². The first-order chi connectivity index (χ1) is 11.8. The molecule has 4 rings (SSSR count). The first-order valence-corrected chi connectivity index (χ1v) is 8.03. The molecule has 1 N–H and O–H groups in total. The lowest BCUT2D eigenvalue weighted by atomic mass is 10.2. The summed E-state index contributed by atoms with van der Waals surface area (Å²) in [5.74, 6) is 2.33. The lowest BCUT2D eigenvalue weighted by Gasteiger charge is -2.02. The van der Waals surface area contributed by atoms with E-state index in [1.807, 2.05) is 28.8 Å². The van der Waals surface area contributed by atoms with Crippen molar-refractivity contribution in [2.24, 2.45) is 0 Å². The van der Waals surface area contributed by atoms with Gasteiger partial charge in [-0.05, 0) is 18.6 Å². The molecule has 0 fully saturated rings. The van der Waals surface area contributed by atoms with E-state index >= 15 is 0 Å². The Morgan fingerprint density at radius 3 is 3.00 bits per heavy atom. The van der Waals surface area contributed by atoms with E-state index in [-0.39, 0.29) is 0 Å². The van der Waals surface area contributed by atoms with E-state index in [1.165, 1.54) is 0 Å². The van der Waals surface area contributed by atoms with E-state index in [4.69, 9.17) is 9.72 Å². The quantitative estimate of drug-likeness (QED) is 0.611. The van der Waals surface area contributed by atoms with Crippen molar-refractivity contribution in [1.82, 2.24) is 29.8 Å². The number of aromatic amines is 1. The van der Waals surface area contributed by atoms with Gasteiger partial charge < -0.3 is 4.74 Å². The predicted octanol–water partition coefficient (Wildman–Crippen LogP) is 3.02. The summed E-state index contributed by atoms with van der Waals surface area (Å²) in [6.07, 6.45) is 4.74. The van der Waals surface area contributed by atoms with Crippen LogP contribution in [0, 0.1) is 0 Å². The van der Waals surface area contributed by atoms with Crippen LogP contribution in [0.3, 0.4) is 0 Å². The zero-order valence-corrected chi connectivity index (χ0v) is 13.7. The molecule has 0 saturated heterocycles. The largest absolute Gasteiger partial charge is 0.497 e. The number of hydrogen-bond acceptors (Lipinski definition) is 5. The van der Waals surface area contributed by atoms with Crippen molar-refractivity contribution in [3.8, 4) is 17.1 Å². The summed E-state index contributed by atoms with van der Waals surface area (Å²) < 4.78 is 7.13. The number of H-pyrrole nitrogens is 1. The van der Waals surface area contributed by atoms with Crippen LogP contribution in [0.1, 0.15) is 25.6 Å². The maximum atomic E-state index is 5.30. The van der Waals surface area contributed by atoms with Gasteiger partial charge in [0.1, 0.15) is 11.6 Å². The smallest absolute Gasteiger partial charge is 0.182 e. The summed E-state index contributed by atoms with van der Waals surface area (Å²) in [4.78, 5) is 9.38. The lowest BCUT2D eigenvalue weighted by Crippen LogP contribution is -2.03. The van der Waals surface area contributed by atoms with Gasteiger partial charge in [0.2, 0.25) is 0 Å². The van der Waals surface area contributed by atoms with E-state index in [0.717, 1.165) is 53.1 Å². The molecule has 0 aliphatic heterocycles. The van der Waals surface area contributed by atoms with Gasteiger partial charge in [-0.15, -0.1) is 5.10 Å². The number of methoxy groups -OCH3 is 1. The van der Waals surface area contributed by atoms with Gasteiger partial charge in [0, 0.05) is 12.0 Å². The van der Waals surface area contributed by atoms with Crippen molar-refractivity contribution in [3.05, 3.63) is 36.3 Å². The molecule has 3 aromatic heterocycles. The molecule has 0 unspecified atom stereocenters. The first kappa shape index (κ1) is 14.6. The highest BCUT2D eigenvalue weighted by Crippen LogP contribution is 2.24. The van der Waals surface area contributed by atoms with Crippen LogP contribution in [0.2, 0.25) is 0 Å². The van der Waals surface area contributed by atoms with Gasteiger partial charge in [-0.25, -0.2) is 9.97 Å². The van der Waals surface area contributed by atoms with Crippen molar-refractivity contribution in [3.63, 3.8) is 0 Å². The topological polar surface area (TPSA) is 81.0 Å². The zero-order chi connectivity index (χ0) is 16.5. The third-order valence-electron chi connectivity index (χ3n) is 4.03. The Kier molecular flexibility index (Phi) is 3.60. The average Bonchev–Trinajstić information content (AvgIpc) is 3.26. The van der Waals surface area contributed by atoms with Crippen molar-refractivity contribution < 1.29 is 4.74 Å². The maximum Gasteiger partial charge on any atom is 0.182 e. The molecule has 0 spiro atoms. The molecule has 122 valence electrons. The number of ether oxygens (including phenoxy) is 1. The molecular weight excluding hydrogens is 304 g/mol. The maximum absolute atomic E-state index is 5.30. The van der Waals surface area contributed by atoms with Crippen LogP contribution in [0.5, 0.6) is 5.75 Å². The summed E-state index contributed by atoms with van der Waals surface area (Å²) in [5, 5.41) is 12.6. The Morgan fingerprint density at radius 1 is 1.25 bits per heavy atom. The number of nitrogens with one attached hydrogen (secondary N) is 1. The second-order valence-electron chi connectivity index (χ2n) is 5.67. The fourth-order valence-electron chi connectivity index (χ4n) is 2.75. The normalized spacial score (nSPS) is 11.4. The van der Waals surface area contributed by atoms with Gasteiger partial charge in [0.15, 0.2) is 17.1 Å². The van der Waals surface area contributed by atoms with E-state index in [2.05, 4.69) is 27.2 Å². The molecular formula is C17H18N6O.